The molecule has 1 unspecified atom stereocenters. The van der Waals surface area contributed by atoms with Crippen LogP contribution in [0.5, 0.6) is 0 Å². The van der Waals surface area contributed by atoms with Crippen LogP contribution in [0.2, 0.25) is 0 Å². The van der Waals surface area contributed by atoms with Gasteiger partial charge in [-0.2, -0.15) is 0 Å². The van der Waals surface area contributed by atoms with E-state index in [1.807, 2.05) is 51.1 Å². The fourth-order valence-corrected chi connectivity index (χ4v) is 4.29. The highest BCUT2D eigenvalue weighted by Gasteiger charge is 2.19. The molecule has 1 atom stereocenters. The lowest BCUT2D eigenvalue weighted by Crippen LogP contribution is -2.16. The molecule has 2 aromatic heterocycles. The Kier molecular flexibility index (Phi) is 6.61. The van der Waals surface area contributed by atoms with Crippen molar-refractivity contribution in [3.8, 4) is 0 Å². The lowest BCUT2D eigenvalue weighted by molar-refractivity contribution is -0.136. The van der Waals surface area contributed by atoms with E-state index >= 15 is 0 Å². The van der Waals surface area contributed by atoms with Gasteiger partial charge in [-0.25, -0.2) is 9.78 Å². The third-order valence-electron chi connectivity index (χ3n) is 4.65. The summed E-state index contributed by atoms with van der Waals surface area (Å²) in [5, 5.41) is 0.713. The van der Waals surface area contributed by atoms with E-state index in [0.29, 0.717) is 17.2 Å². The van der Waals surface area contributed by atoms with Crippen molar-refractivity contribution in [1.82, 2.24) is 9.55 Å². The van der Waals surface area contributed by atoms with Crippen LogP contribution >= 0.6 is 11.3 Å². The molecular weight excluding hydrogens is 388 g/mol. The predicted molar refractivity (Wildman–Crippen MR) is 114 cm³/mol. The second-order valence-electron chi connectivity index (χ2n) is 6.84. The fourth-order valence-electron chi connectivity index (χ4n) is 3.42. The smallest absolute Gasteiger partial charge is 0.331 e. The van der Waals surface area contributed by atoms with E-state index in [4.69, 9.17) is 9.47 Å². The number of fused-ring (bicyclic) bond motifs is 1. The Morgan fingerprint density at radius 1 is 1.28 bits per heavy atom. The molecule has 0 saturated carbocycles. The lowest BCUT2D eigenvalue weighted by Gasteiger charge is -2.17. The molecule has 0 radical (unpaired) electrons. The van der Waals surface area contributed by atoms with Gasteiger partial charge in [0.15, 0.2) is 6.61 Å². The molecule has 0 aliphatic rings. The number of ether oxygens (including phenoxy) is 2. The van der Waals surface area contributed by atoms with Gasteiger partial charge in [-0.05, 0) is 45.0 Å². The second-order valence-corrected chi connectivity index (χ2v) is 7.91. The van der Waals surface area contributed by atoms with Crippen LogP contribution in [0.4, 0.5) is 0 Å². The van der Waals surface area contributed by atoms with Gasteiger partial charge in [0.2, 0.25) is 5.78 Å². The van der Waals surface area contributed by atoms with Crippen molar-refractivity contribution in [2.45, 2.75) is 26.8 Å². The molecule has 6 nitrogen and oxygen atoms in total. The number of hydrogen-bond acceptors (Lipinski definition) is 6. The minimum atomic E-state index is -0.570. The first-order chi connectivity index (χ1) is 13.9. The number of benzene rings is 1. The third kappa shape index (κ3) is 4.81. The van der Waals surface area contributed by atoms with Crippen molar-refractivity contribution in [2.75, 3.05) is 20.3 Å². The predicted octanol–water partition coefficient (Wildman–Crippen LogP) is 4.36. The molecule has 0 bridgehead atoms. The number of Topliss-reactive ketones (excluding diaryl/α,β-unsaturated/α-hetero) is 1. The Hall–Kier alpha value is -2.77. The van der Waals surface area contributed by atoms with Gasteiger partial charge >= 0.3 is 5.97 Å². The molecule has 0 saturated heterocycles. The van der Waals surface area contributed by atoms with Crippen molar-refractivity contribution in [3.63, 3.8) is 0 Å². The molecule has 7 heteroatoms. The third-order valence-corrected chi connectivity index (χ3v) is 5.65. The Labute approximate surface area is 173 Å². The van der Waals surface area contributed by atoms with Gasteiger partial charge in [0.25, 0.3) is 0 Å². The lowest BCUT2D eigenvalue weighted by atomic mass is 10.1. The number of para-hydroxylation sites is 1. The Bertz CT molecular complexity index is 1030. The molecule has 0 spiro atoms. The van der Waals surface area contributed by atoms with Crippen LogP contribution in [0.25, 0.3) is 16.3 Å². The number of esters is 1. The second kappa shape index (κ2) is 9.15. The summed E-state index contributed by atoms with van der Waals surface area (Å²) < 4.78 is 13.5. The van der Waals surface area contributed by atoms with Gasteiger partial charge in [0.1, 0.15) is 5.01 Å². The topological polar surface area (TPSA) is 70.4 Å². The maximum absolute atomic E-state index is 12.6. The highest BCUT2D eigenvalue weighted by atomic mass is 32.1. The van der Waals surface area contributed by atoms with Crippen molar-refractivity contribution < 1.29 is 19.1 Å². The van der Waals surface area contributed by atoms with Gasteiger partial charge in [-0.1, -0.05) is 12.1 Å². The number of nitrogens with zero attached hydrogens (tertiary/aromatic N) is 2. The number of hydrogen-bond donors (Lipinski definition) is 0. The summed E-state index contributed by atoms with van der Waals surface area (Å²) in [5.41, 5.74) is 3.27. The molecule has 152 valence electrons. The van der Waals surface area contributed by atoms with Crippen LogP contribution < -0.4 is 0 Å². The molecule has 0 amide bonds. The van der Waals surface area contributed by atoms with E-state index in [9.17, 15) is 9.59 Å². The van der Waals surface area contributed by atoms with E-state index < -0.39 is 5.97 Å². The summed E-state index contributed by atoms with van der Waals surface area (Å²) in [4.78, 5) is 29.0. The van der Waals surface area contributed by atoms with Crippen LogP contribution in [0.15, 0.2) is 36.4 Å². The van der Waals surface area contributed by atoms with Crippen LogP contribution in [0, 0.1) is 13.8 Å². The number of carbonyl (C=O) groups excluding carboxylic acids is 2. The van der Waals surface area contributed by atoms with Gasteiger partial charge < -0.3 is 14.0 Å². The maximum atomic E-state index is 12.6. The Morgan fingerprint density at radius 3 is 2.76 bits per heavy atom. The molecule has 2 heterocycles. The van der Waals surface area contributed by atoms with Gasteiger partial charge in [0, 0.05) is 30.1 Å². The fraction of sp³-hybridized carbons (Fsp3) is 0.318. The van der Waals surface area contributed by atoms with Gasteiger partial charge in [-0.15, -0.1) is 11.3 Å². The quantitative estimate of drug-likeness (QED) is 0.312. The normalized spacial score (nSPS) is 12.6. The summed E-state index contributed by atoms with van der Waals surface area (Å²) >= 11 is 1.49. The van der Waals surface area contributed by atoms with E-state index in [1.54, 1.807) is 13.2 Å². The molecule has 3 aromatic rings. The van der Waals surface area contributed by atoms with E-state index in [2.05, 4.69) is 9.55 Å². The van der Waals surface area contributed by atoms with E-state index in [-0.39, 0.29) is 18.4 Å². The van der Waals surface area contributed by atoms with Crippen molar-refractivity contribution in [2.24, 2.45) is 0 Å². The van der Waals surface area contributed by atoms with E-state index in [1.165, 1.54) is 17.4 Å². The van der Waals surface area contributed by atoms with E-state index in [0.717, 1.165) is 21.6 Å². The van der Waals surface area contributed by atoms with Crippen molar-refractivity contribution in [3.05, 3.63) is 58.4 Å². The van der Waals surface area contributed by atoms with Crippen LogP contribution in [0.1, 0.15) is 39.7 Å². The minimum absolute atomic E-state index is 0.112. The Balaban J connectivity index is 1.61. The zero-order valence-corrected chi connectivity index (χ0v) is 17.8. The molecule has 0 fully saturated rings. The number of aromatic nitrogens is 2. The zero-order valence-electron chi connectivity index (χ0n) is 17.0. The largest absolute Gasteiger partial charge is 0.454 e. The number of methoxy groups -OCH3 is 1. The molecule has 0 aliphatic heterocycles. The van der Waals surface area contributed by atoms with Crippen LogP contribution in [0.3, 0.4) is 0 Å². The zero-order chi connectivity index (χ0) is 21.0. The molecule has 1 aromatic carbocycles. The summed E-state index contributed by atoms with van der Waals surface area (Å²) in [5.74, 6) is -0.796. The first-order valence-electron chi connectivity index (χ1n) is 9.31. The number of carbonyl (C=O) groups is 2. The standard InChI is InChI=1S/C22H24N2O4S/c1-14-11-17(16(3)24(14)15(2)12-27-4)19(25)13-28-22(26)10-9-21-23-18-7-5-6-8-20(18)29-21/h5-11,15H,12-13H2,1-4H3. The summed E-state index contributed by atoms with van der Waals surface area (Å²) in [7, 11) is 1.65. The highest BCUT2D eigenvalue weighted by Crippen LogP contribution is 2.23. The first kappa shape index (κ1) is 21.0. The van der Waals surface area contributed by atoms with Crippen LogP contribution in [-0.2, 0) is 14.3 Å². The number of aryl methyl sites for hydroxylation is 1. The van der Waals surface area contributed by atoms with Crippen molar-refractivity contribution >= 4 is 39.4 Å². The maximum Gasteiger partial charge on any atom is 0.331 e. The number of ketones is 1. The van der Waals surface area contributed by atoms with Crippen molar-refractivity contribution in [1.29, 1.82) is 0 Å². The molecule has 0 N–H and O–H groups in total. The first-order valence-corrected chi connectivity index (χ1v) is 10.1. The SMILES string of the molecule is COCC(C)n1c(C)cc(C(=O)COC(=O)C=Cc2nc3ccccc3s2)c1C. The van der Waals surface area contributed by atoms with Gasteiger partial charge in [0.05, 0.1) is 22.9 Å². The summed E-state index contributed by atoms with van der Waals surface area (Å²) in [6, 6.07) is 9.70. The summed E-state index contributed by atoms with van der Waals surface area (Å²) in [6.07, 6.45) is 2.91. The summed E-state index contributed by atoms with van der Waals surface area (Å²) in [6.45, 7) is 6.12. The molecule has 29 heavy (non-hydrogen) atoms. The Morgan fingerprint density at radius 2 is 2.03 bits per heavy atom. The van der Waals surface area contributed by atoms with Crippen LogP contribution in [-0.4, -0.2) is 41.6 Å². The molecule has 3 rings (SSSR count). The number of thiazole rings is 1. The molecular formula is C22H24N2O4S. The molecule has 0 aliphatic carbocycles. The monoisotopic (exact) mass is 412 g/mol. The minimum Gasteiger partial charge on any atom is -0.454 e. The van der Waals surface area contributed by atoms with Gasteiger partial charge in [-0.3, -0.25) is 4.79 Å². The highest BCUT2D eigenvalue weighted by molar-refractivity contribution is 7.19. The average molecular weight is 413 g/mol. The number of rotatable bonds is 8. The average Bonchev–Trinajstić information content (AvgIpc) is 3.24.